The summed E-state index contributed by atoms with van der Waals surface area (Å²) >= 11 is 0.985. The molecule has 0 bridgehead atoms. The van der Waals surface area contributed by atoms with Crippen molar-refractivity contribution in [3.8, 4) is 11.5 Å². The Bertz CT molecular complexity index is 793. The van der Waals surface area contributed by atoms with Crippen molar-refractivity contribution < 1.29 is 22.6 Å². The Labute approximate surface area is 165 Å². The fourth-order valence-corrected chi connectivity index (χ4v) is 3.08. The molecule has 0 unspecified atom stereocenters. The third kappa shape index (κ3) is 6.29. The number of hydrogen-bond donors (Lipinski definition) is 2. The summed E-state index contributed by atoms with van der Waals surface area (Å²) in [6.45, 7) is 5.24. The van der Waals surface area contributed by atoms with Crippen molar-refractivity contribution in [3.05, 3.63) is 34.3 Å². The molecule has 0 fully saturated rings. The van der Waals surface area contributed by atoms with E-state index in [9.17, 15) is 13.2 Å². The van der Waals surface area contributed by atoms with Crippen molar-refractivity contribution in [2.24, 2.45) is 4.99 Å². The van der Waals surface area contributed by atoms with Crippen LogP contribution in [0.4, 0.5) is 18.9 Å². The summed E-state index contributed by atoms with van der Waals surface area (Å²) in [6, 6.07) is 5.40. The topological polar surface area (TPSA) is 67.8 Å². The fourth-order valence-electron chi connectivity index (χ4n) is 2.29. The van der Waals surface area contributed by atoms with Gasteiger partial charge in [0.05, 0.1) is 18.7 Å². The van der Waals surface area contributed by atoms with Gasteiger partial charge in [-0.2, -0.15) is 13.2 Å². The highest BCUT2D eigenvalue weighted by molar-refractivity contribution is 7.09. The minimum Gasteiger partial charge on any atom is -0.493 e. The molecule has 6 nitrogen and oxygen atoms in total. The standard InChI is InChI=1S/C18H23F3N4O2S/c1-4-22-17(23-9-8-16-25-15(11-28-16)18(19,20)21)24-12-6-7-13(26-3)14(10-12)27-5-2/h6-7,10-11H,4-5,8-9H2,1-3H3,(H2,22,23,24). The number of hydrogen-bond acceptors (Lipinski definition) is 5. The first-order valence-electron chi connectivity index (χ1n) is 8.75. The molecule has 2 aromatic rings. The average molecular weight is 416 g/mol. The van der Waals surface area contributed by atoms with Crippen LogP contribution in [0.15, 0.2) is 28.6 Å². The van der Waals surface area contributed by atoms with Gasteiger partial charge in [0.1, 0.15) is 0 Å². The van der Waals surface area contributed by atoms with E-state index >= 15 is 0 Å². The second-order valence-corrected chi connectivity index (χ2v) is 6.50. The minimum atomic E-state index is -4.42. The van der Waals surface area contributed by atoms with Crippen molar-refractivity contribution in [3.63, 3.8) is 0 Å². The van der Waals surface area contributed by atoms with Crippen LogP contribution in [0.25, 0.3) is 0 Å². The Hall–Kier alpha value is -2.49. The lowest BCUT2D eigenvalue weighted by Crippen LogP contribution is -2.30. The summed E-state index contributed by atoms with van der Waals surface area (Å²) in [7, 11) is 1.57. The zero-order valence-electron chi connectivity index (χ0n) is 15.9. The molecule has 1 aromatic heterocycles. The van der Waals surface area contributed by atoms with Crippen molar-refractivity contribution >= 4 is 23.0 Å². The smallest absolute Gasteiger partial charge is 0.434 e. The predicted octanol–water partition coefficient (Wildman–Crippen LogP) is 4.19. The van der Waals surface area contributed by atoms with E-state index in [-0.39, 0.29) is 0 Å². The van der Waals surface area contributed by atoms with E-state index in [1.165, 1.54) is 0 Å². The van der Waals surface area contributed by atoms with Crippen LogP contribution in [0.5, 0.6) is 11.5 Å². The highest BCUT2D eigenvalue weighted by Crippen LogP contribution is 2.31. The van der Waals surface area contributed by atoms with Crippen molar-refractivity contribution in [1.82, 2.24) is 10.3 Å². The SMILES string of the molecule is CCNC(=NCCc1nc(C(F)(F)F)cs1)Nc1ccc(OC)c(OCC)c1. The molecule has 2 rings (SSSR count). The number of nitrogens with zero attached hydrogens (tertiary/aromatic N) is 2. The van der Waals surface area contributed by atoms with E-state index in [0.29, 0.717) is 48.6 Å². The van der Waals surface area contributed by atoms with E-state index in [2.05, 4.69) is 20.6 Å². The summed E-state index contributed by atoms with van der Waals surface area (Å²) in [5, 5.41) is 7.67. The summed E-state index contributed by atoms with van der Waals surface area (Å²) in [4.78, 5) is 8.01. The molecule has 0 aliphatic heterocycles. The second-order valence-electron chi connectivity index (χ2n) is 5.56. The Morgan fingerprint density at radius 2 is 2.04 bits per heavy atom. The van der Waals surface area contributed by atoms with Gasteiger partial charge in [0.25, 0.3) is 0 Å². The van der Waals surface area contributed by atoms with E-state index in [0.717, 1.165) is 22.4 Å². The molecule has 0 saturated carbocycles. The highest BCUT2D eigenvalue weighted by Gasteiger charge is 2.33. The molecule has 0 amide bonds. The monoisotopic (exact) mass is 416 g/mol. The van der Waals surface area contributed by atoms with Gasteiger partial charge in [-0.3, -0.25) is 4.99 Å². The molecular weight excluding hydrogens is 393 g/mol. The van der Waals surface area contributed by atoms with Crippen LogP contribution >= 0.6 is 11.3 Å². The van der Waals surface area contributed by atoms with Gasteiger partial charge in [-0.15, -0.1) is 11.3 Å². The zero-order valence-corrected chi connectivity index (χ0v) is 16.7. The van der Waals surface area contributed by atoms with Crippen LogP contribution in [-0.4, -0.2) is 37.7 Å². The van der Waals surface area contributed by atoms with Crippen LogP contribution in [-0.2, 0) is 12.6 Å². The van der Waals surface area contributed by atoms with E-state index in [1.807, 2.05) is 19.9 Å². The minimum absolute atomic E-state index is 0.300. The maximum Gasteiger partial charge on any atom is 0.434 e. The molecule has 0 atom stereocenters. The molecule has 1 aromatic carbocycles. The Morgan fingerprint density at radius 1 is 1.25 bits per heavy atom. The molecular formula is C18H23F3N4O2S. The molecule has 0 spiro atoms. The number of aromatic nitrogens is 1. The Morgan fingerprint density at radius 3 is 2.64 bits per heavy atom. The lowest BCUT2D eigenvalue weighted by Gasteiger charge is -2.14. The van der Waals surface area contributed by atoms with Crippen molar-refractivity contribution in [1.29, 1.82) is 0 Å². The lowest BCUT2D eigenvalue weighted by molar-refractivity contribution is -0.140. The number of anilines is 1. The number of nitrogens with one attached hydrogen (secondary N) is 2. The number of ether oxygens (including phenoxy) is 2. The number of thiazole rings is 1. The zero-order chi connectivity index (χ0) is 20.6. The largest absolute Gasteiger partial charge is 0.493 e. The quantitative estimate of drug-likeness (QED) is 0.499. The van der Waals surface area contributed by atoms with E-state index in [4.69, 9.17) is 9.47 Å². The number of rotatable bonds is 8. The van der Waals surface area contributed by atoms with Crippen molar-refractivity contribution in [2.75, 3.05) is 32.1 Å². The van der Waals surface area contributed by atoms with Gasteiger partial charge < -0.3 is 20.1 Å². The molecule has 1 heterocycles. The molecule has 0 aliphatic carbocycles. The number of guanidine groups is 1. The molecule has 10 heteroatoms. The number of methoxy groups -OCH3 is 1. The molecule has 0 radical (unpaired) electrons. The highest BCUT2D eigenvalue weighted by atomic mass is 32.1. The number of benzene rings is 1. The van der Waals surface area contributed by atoms with Gasteiger partial charge in [0.15, 0.2) is 23.2 Å². The number of aliphatic imine (C=N–C) groups is 1. The maximum absolute atomic E-state index is 12.6. The predicted molar refractivity (Wildman–Crippen MR) is 105 cm³/mol. The van der Waals surface area contributed by atoms with Crippen LogP contribution in [0, 0.1) is 0 Å². The first kappa shape index (κ1) is 21.8. The van der Waals surface area contributed by atoms with Crippen LogP contribution in [0.1, 0.15) is 24.5 Å². The third-order valence-corrected chi connectivity index (χ3v) is 4.42. The number of alkyl halides is 3. The van der Waals surface area contributed by atoms with Gasteiger partial charge in [0, 0.05) is 36.6 Å². The summed E-state index contributed by atoms with van der Waals surface area (Å²) < 4.78 is 48.7. The summed E-state index contributed by atoms with van der Waals surface area (Å²) in [6.07, 6.45) is -4.09. The Balaban J connectivity index is 2.04. The third-order valence-electron chi connectivity index (χ3n) is 3.51. The normalized spacial score (nSPS) is 12.0. The van der Waals surface area contributed by atoms with Gasteiger partial charge in [-0.1, -0.05) is 0 Å². The molecule has 154 valence electrons. The number of halogens is 3. The van der Waals surface area contributed by atoms with Gasteiger partial charge in [0.2, 0.25) is 0 Å². The maximum atomic E-state index is 12.6. The summed E-state index contributed by atoms with van der Waals surface area (Å²) in [5.74, 6) is 1.75. The molecule has 0 saturated heterocycles. The van der Waals surface area contributed by atoms with Crippen LogP contribution in [0.3, 0.4) is 0 Å². The van der Waals surface area contributed by atoms with Crippen LogP contribution in [0.2, 0.25) is 0 Å². The first-order valence-corrected chi connectivity index (χ1v) is 9.63. The average Bonchev–Trinajstić information content (AvgIpc) is 3.12. The second kappa shape index (κ2) is 10.2. The molecule has 0 aliphatic rings. The summed E-state index contributed by atoms with van der Waals surface area (Å²) in [5.41, 5.74) is -0.110. The first-order chi connectivity index (χ1) is 13.4. The fraction of sp³-hybridized carbons (Fsp3) is 0.444. The van der Waals surface area contributed by atoms with E-state index < -0.39 is 11.9 Å². The van der Waals surface area contributed by atoms with E-state index in [1.54, 1.807) is 19.2 Å². The lowest BCUT2D eigenvalue weighted by atomic mass is 10.2. The van der Waals surface area contributed by atoms with Gasteiger partial charge in [-0.05, 0) is 26.0 Å². The van der Waals surface area contributed by atoms with Gasteiger partial charge in [-0.25, -0.2) is 4.98 Å². The van der Waals surface area contributed by atoms with Gasteiger partial charge >= 0.3 is 6.18 Å². The van der Waals surface area contributed by atoms with Crippen molar-refractivity contribution in [2.45, 2.75) is 26.4 Å². The molecule has 28 heavy (non-hydrogen) atoms. The molecule has 2 N–H and O–H groups in total. The Kier molecular flexibility index (Phi) is 7.91. The van der Waals surface area contributed by atoms with Crippen LogP contribution < -0.4 is 20.1 Å².